The van der Waals surface area contributed by atoms with Crippen molar-refractivity contribution in [3.05, 3.63) is 47.7 Å². The number of ether oxygens (including phenoxy) is 2. The van der Waals surface area contributed by atoms with Crippen molar-refractivity contribution in [3.63, 3.8) is 0 Å². The number of benzene rings is 2. The minimum Gasteiger partial charge on any atom is -0.495 e. The van der Waals surface area contributed by atoms with Gasteiger partial charge in [0.15, 0.2) is 6.61 Å². The van der Waals surface area contributed by atoms with Gasteiger partial charge in [-0.2, -0.15) is 0 Å². The summed E-state index contributed by atoms with van der Waals surface area (Å²) in [5, 5.41) is 3.73. The molecular formula is C24H26N2O6S. The fourth-order valence-corrected chi connectivity index (χ4v) is 5.44. The predicted molar refractivity (Wildman–Crippen MR) is 123 cm³/mol. The fraction of sp³-hybridized carbons (Fsp3) is 0.375. The molecule has 2 aliphatic rings. The van der Waals surface area contributed by atoms with Gasteiger partial charge in [-0.1, -0.05) is 0 Å². The number of hydrogen-bond donors (Lipinski definition) is 2. The SMILES string of the molecule is COc1ccc(S(=O)(=O)NC2CC2)cc1NC(=O)COc1ccc2oc3c(c2c1)CCCC3. The molecule has 33 heavy (non-hydrogen) atoms. The van der Waals surface area contributed by atoms with Gasteiger partial charge in [0.25, 0.3) is 5.91 Å². The number of fused-ring (bicyclic) bond motifs is 3. The number of rotatable bonds is 8. The lowest BCUT2D eigenvalue weighted by Crippen LogP contribution is -2.26. The zero-order chi connectivity index (χ0) is 23.0. The van der Waals surface area contributed by atoms with Crippen LogP contribution in [0.15, 0.2) is 45.7 Å². The van der Waals surface area contributed by atoms with E-state index in [1.165, 1.54) is 30.9 Å². The number of sulfonamides is 1. The molecule has 1 saturated carbocycles. The number of anilines is 1. The quantitative estimate of drug-likeness (QED) is 0.519. The standard InChI is InChI=1S/C24H26N2O6S/c1-30-23-11-9-17(33(28,29)26-15-6-7-15)13-20(23)25-24(27)14-31-16-8-10-22-19(12-16)18-4-2-3-5-21(18)32-22/h8-13,15,26H,2-7,14H2,1H3,(H,25,27). The second-order valence-electron chi connectivity index (χ2n) is 8.46. The molecule has 174 valence electrons. The first-order valence-electron chi connectivity index (χ1n) is 11.1. The topological polar surface area (TPSA) is 107 Å². The second-order valence-corrected chi connectivity index (χ2v) is 10.2. The van der Waals surface area contributed by atoms with Crippen molar-refractivity contribution in [1.82, 2.24) is 4.72 Å². The Morgan fingerprint density at radius 1 is 1.12 bits per heavy atom. The third kappa shape index (κ3) is 4.69. The van der Waals surface area contributed by atoms with E-state index in [-0.39, 0.29) is 23.2 Å². The highest BCUT2D eigenvalue weighted by Gasteiger charge is 2.28. The number of amides is 1. The van der Waals surface area contributed by atoms with Crippen molar-refractivity contribution in [2.45, 2.75) is 49.5 Å². The van der Waals surface area contributed by atoms with E-state index >= 15 is 0 Å². The number of methoxy groups -OCH3 is 1. The molecule has 1 heterocycles. The Kier molecular flexibility index (Phi) is 5.76. The molecule has 0 unspecified atom stereocenters. The zero-order valence-corrected chi connectivity index (χ0v) is 19.2. The van der Waals surface area contributed by atoms with E-state index in [0.29, 0.717) is 11.5 Å². The van der Waals surface area contributed by atoms with E-state index in [9.17, 15) is 13.2 Å². The summed E-state index contributed by atoms with van der Waals surface area (Å²) < 4.78 is 44.6. The minimum absolute atomic E-state index is 0.0123. The largest absolute Gasteiger partial charge is 0.495 e. The van der Waals surface area contributed by atoms with Gasteiger partial charge in [-0.25, -0.2) is 13.1 Å². The highest BCUT2D eigenvalue weighted by atomic mass is 32.2. The van der Waals surface area contributed by atoms with Crippen molar-refractivity contribution < 1.29 is 27.1 Å². The molecule has 3 aromatic rings. The summed E-state index contributed by atoms with van der Waals surface area (Å²) in [5.41, 5.74) is 2.33. The Bertz CT molecular complexity index is 1310. The third-order valence-electron chi connectivity index (χ3n) is 5.95. The molecule has 0 spiro atoms. The van der Waals surface area contributed by atoms with E-state index in [4.69, 9.17) is 13.9 Å². The van der Waals surface area contributed by atoms with Crippen LogP contribution in [-0.2, 0) is 27.7 Å². The number of furan rings is 1. The summed E-state index contributed by atoms with van der Waals surface area (Å²) in [6.45, 7) is -0.230. The Hall–Kier alpha value is -3.04. The smallest absolute Gasteiger partial charge is 0.262 e. The summed E-state index contributed by atoms with van der Waals surface area (Å²) in [6, 6.07) is 9.91. The van der Waals surface area contributed by atoms with Crippen molar-refractivity contribution >= 4 is 32.6 Å². The molecule has 0 radical (unpaired) electrons. The molecule has 0 atom stereocenters. The Morgan fingerprint density at radius 2 is 1.94 bits per heavy atom. The molecule has 1 fully saturated rings. The van der Waals surface area contributed by atoms with Crippen molar-refractivity contribution in [3.8, 4) is 11.5 Å². The van der Waals surface area contributed by atoms with E-state index in [2.05, 4.69) is 10.0 Å². The van der Waals surface area contributed by atoms with Crippen LogP contribution in [0, 0.1) is 0 Å². The molecule has 1 aromatic heterocycles. The van der Waals surface area contributed by atoms with Gasteiger partial charge in [-0.15, -0.1) is 0 Å². The van der Waals surface area contributed by atoms with E-state index < -0.39 is 15.9 Å². The summed E-state index contributed by atoms with van der Waals surface area (Å²) in [4.78, 5) is 12.6. The summed E-state index contributed by atoms with van der Waals surface area (Å²) in [6.07, 6.45) is 5.89. The van der Waals surface area contributed by atoms with Gasteiger partial charge in [0.05, 0.1) is 17.7 Å². The number of carbonyl (C=O) groups is 1. The van der Waals surface area contributed by atoms with Crippen LogP contribution in [-0.4, -0.2) is 34.1 Å². The maximum absolute atomic E-state index is 12.6. The average molecular weight is 471 g/mol. The van der Waals surface area contributed by atoms with Gasteiger partial charge >= 0.3 is 0 Å². The molecule has 2 aliphatic carbocycles. The minimum atomic E-state index is -3.66. The normalized spacial score (nSPS) is 15.8. The number of aryl methyl sites for hydroxylation is 2. The lowest BCUT2D eigenvalue weighted by atomic mass is 9.96. The molecular weight excluding hydrogens is 444 g/mol. The highest BCUT2D eigenvalue weighted by Crippen LogP contribution is 2.34. The van der Waals surface area contributed by atoms with Gasteiger partial charge < -0.3 is 19.2 Å². The molecule has 8 nitrogen and oxygen atoms in total. The van der Waals surface area contributed by atoms with Gasteiger partial charge in [-0.05, 0) is 68.5 Å². The Labute approximate surface area is 192 Å². The van der Waals surface area contributed by atoms with Gasteiger partial charge in [-0.3, -0.25) is 4.79 Å². The van der Waals surface area contributed by atoms with Gasteiger partial charge in [0.1, 0.15) is 22.8 Å². The third-order valence-corrected chi connectivity index (χ3v) is 7.47. The van der Waals surface area contributed by atoms with Crippen LogP contribution in [0.5, 0.6) is 11.5 Å². The lowest BCUT2D eigenvalue weighted by Gasteiger charge is -2.13. The summed E-state index contributed by atoms with van der Waals surface area (Å²) in [5.74, 6) is 1.56. The van der Waals surface area contributed by atoms with Crippen molar-refractivity contribution in [2.24, 2.45) is 0 Å². The predicted octanol–water partition coefficient (Wildman–Crippen LogP) is 3.78. The first kappa shape index (κ1) is 21.8. The molecule has 2 aromatic carbocycles. The summed E-state index contributed by atoms with van der Waals surface area (Å²) >= 11 is 0. The zero-order valence-electron chi connectivity index (χ0n) is 18.3. The monoisotopic (exact) mass is 470 g/mol. The molecule has 1 amide bonds. The Balaban J connectivity index is 1.28. The molecule has 5 rings (SSSR count). The maximum atomic E-state index is 12.6. The van der Waals surface area contributed by atoms with Crippen LogP contribution in [0.2, 0.25) is 0 Å². The second kappa shape index (κ2) is 8.72. The lowest BCUT2D eigenvalue weighted by molar-refractivity contribution is -0.118. The molecule has 0 aliphatic heterocycles. The first-order valence-corrected chi connectivity index (χ1v) is 12.6. The van der Waals surface area contributed by atoms with Gasteiger partial charge in [0, 0.05) is 23.4 Å². The van der Waals surface area contributed by atoms with Crippen LogP contribution >= 0.6 is 0 Å². The Morgan fingerprint density at radius 3 is 2.73 bits per heavy atom. The van der Waals surface area contributed by atoms with Crippen LogP contribution in [0.1, 0.15) is 37.0 Å². The maximum Gasteiger partial charge on any atom is 0.262 e. The average Bonchev–Trinajstić information content (AvgIpc) is 3.54. The van der Waals surface area contributed by atoms with Crippen LogP contribution < -0.4 is 19.5 Å². The number of nitrogens with one attached hydrogen (secondary N) is 2. The number of hydrogen-bond acceptors (Lipinski definition) is 6. The number of carbonyl (C=O) groups excluding carboxylic acids is 1. The van der Waals surface area contributed by atoms with E-state index in [1.54, 1.807) is 6.07 Å². The van der Waals surface area contributed by atoms with Crippen molar-refractivity contribution in [1.29, 1.82) is 0 Å². The fourth-order valence-electron chi connectivity index (χ4n) is 4.11. The van der Waals surface area contributed by atoms with Crippen molar-refractivity contribution in [2.75, 3.05) is 19.0 Å². The van der Waals surface area contributed by atoms with E-state index in [1.807, 2.05) is 12.1 Å². The first-order chi connectivity index (χ1) is 15.9. The highest BCUT2D eigenvalue weighted by molar-refractivity contribution is 7.89. The van der Waals surface area contributed by atoms with Crippen LogP contribution in [0.25, 0.3) is 11.0 Å². The molecule has 9 heteroatoms. The molecule has 0 saturated heterocycles. The molecule has 0 bridgehead atoms. The van der Waals surface area contributed by atoms with E-state index in [0.717, 1.165) is 55.3 Å². The summed E-state index contributed by atoms with van der Waals surface area (Å²) in [7, 11) is -2.20. The van der Waals surface area contributed by atoms with Crippen LogP contribution in [0.4, 0.5) is 5.69 Å². The van der Waals surface area contributed by atoms with Crippen LogP contribution in [0.3, 0.4) is 0 Å². The van der Waals surface area contributed by atoms with Gasteiger partial charge in [0.2, 0.25) is 10.0 Å². The molecule has 2 N–H and O–H groups in total.